The minimum absolute atomic E-state index is 0.0439. The van der Waals surface area contributed by atoms with Gasteiger partial charge in [0.15, 0.2) is 0 Å². The summed E-state index contributed by atoms with van der Waals surface area (Å²) in [5, 5.41) is 17.6. The van der Waals surface area contributed by atoms with Crippen molar-refractivity contribution in [1.82, 2.24) is 24.6 Å². The summed E-state index contributed by atoms with van der Waals surface area (Å²) in [5.74, 6) is -2.08. The van der Waals surface area contributed by atoms with Crippen LogP contribution >= 0.6 is 11.3 Å². The smallest absolute Gasteiger partial charge is 0.328 e. The molecule has 3 rings (SSSR count). The third kappa shape index (κ3) is 6.21. The van der Waals surface area contributed by atoms with Gasteiger partial charge in [-0.25, -0.2) is 4.79 Å². The van der Waals surface area contributed by atoms with Gasteiger partial charge in [-0.1, -0.05) is 41.7 Å². The van der Waals surface area contributed by atoms with E-state index in [0.29, 0.717) is 5.01 Å². The molecule has 0 fully saturated rings. The molecule has 0 saturated heterocycles. The zero-order valence-electron chi connectivity index (χ0n) is 17.7. The normalized spacial score (nSPS) is 11.7. The standard InChI is InChI=1S/C19H20N6O7S2/c1-12-9-24(18(30)20-16(12)29)10-14(26)23(11-15(27)28)7-8-25(34(31)32)19-22-21-17(33-19)13-5-3-2-4-6-13/h2-6,9H,7-8,10-11H2,1H3,(H,27,28)(H,31,32)(H,20,29,30)/p-1. The number of hydrogen-bond donors (Lipinski definition) is 2. The molecule has 13 nitrogen and oxygen atoms in total. The summed E-state index contributed by atoms with van der Waals surface area (Å²) in [4.78, 5) is 50.4. The Labute approximate surface area is 198 Å². The average molecular weight is 508 g/mol. The number of aromatic amines is 1. The van der Waals surface area contributed by atoms with Crippen molar-refractivity contribution in [1.29, 1.82) is 0 Å². The largest absolute Gasteiger partial charge is 0.755 e. The van der Waals surface area contributed by atoms with Gasteiger partial charge < -0.3 is 14.6 Å². The third-order valence-corrected chi connectivity index (χ3v) is 6.40. The van der Waals surface area contributed by atoms with E-state index in [-0.39, 0.29) is 23.8 Å². The van der Waals surface area contributed by atoms with E-state index in [1.54, 1.807) is 24.3 Å². The molecule has 15 heteroatoms. The number of benzene rings is 1. The second-order valence-electron chi connectivity index (χ2n) is 6.98. The molecule has 1 unspecified atom stereocenters. The van der Waals surface area contributed by atoms with E-state index in [2.05, 4.69) is 15.2 Å². The fourth-order valence-corrected chi connectivity index (χ4v) is 4.37. The predicted molar refractivity (Wildman–Crippen MR) is 122 cm³/mol. The second-order valence-corrected chi connectivity index (χ2v) is 8.81. The molecule has 0 spiro atoms. The number of aryl methyl sites for hydroxylation is 1. The van der Waals surface area contributed by atoms with Gasteiger partial charge in [0.1, 0.15) is 18.1 Å². The fourth-order valence-electron chi connectivity index (χ4n) is 2.90. The highest BCUT2D eigenvalue weighted by Crippen LogP contribution is 2.28. The first-order valence-corrected chi connectivity index (χ1v) is 11.6. The minimum atomic E-state index is -2.78. The van der Waals surface area contributed by atoms with Crippen molar-refractivity contribution in [2.75, 3.05) is 23.9 Å². The highest BCUT2D eigenvalue weighted by molar-refractivity contribution is 7.80. The lowest BCUT2D eigenvalue weighted by atomic mass is 10.2. The highest BCUT2D eigenvalue weighted by atomic mass is 32.2. The average Bonchev–Trinajstić information content (AvgIpc) is 3.26. The van der Waals surface area contributed by atoms with Crippen LogP contribution in [0.3, 0.4) is 0 Å². The lowest BCUT2D eigenvalue weighted by molar-refractivity contribution is -0.144. The number of nitrogens with zero attached hydrogens (tertiary/aromatic N) is 5. The van der Waals surface area contributed by atoms with Crippen LogP contribution in [0.4, 0.5) is 5.13 Å². The number of aromatic nitrogens is 4. The van der Waals surface area contributed by atoms with Crippen LogP contribution in [-0.4, -0.2) is 70.0 Å². The molecule has 0 aliphatic carbocycles. The number of carboxylic acids is 1. The third-order valence-electron chi connectivity index (χ3n) is 4.57. The molecule has 0 aliphatic rings. The number of H-pyrrole nitrogens is 1. The molecule has 1 amide bonds. The van der Waals surface area contributed by atoms with E-state index in [1.165, 1.54) is 13.1 Å². The van der Waals surface area contributed by atoms with E-state index in [1.807, 2.05) is 6.07 Å². The topological polar surface area (TPSA) is 182 Å². The number of anilines is 1. The lowest BCUT2D eigenvalue weighted by Crippen LogP contribution is -2.44. The first-order chi connectivity index (χ1) is 16.2. The highest BCUT2D eigenvalue weighted by Gasteiger charge is 2.21. The van der Waals surface area contributed by atoms with Crippen molar-refractivity contribution >= 4 is 39.6 Å². The molecule has 1 aromatic carbocycles. The summed E-state index contributed by atoms with van der Waals surface area (Å²) in [6.07, 6.45) is 1.18. The molecule has 1 atom stereocenters. The Morgan fingerprint density at radius 1 is 1.21 bits per heavy atom. The number of amides is 1. The summed E-state index contributed by atoms with van der Waals surface area (Å²) in [6, 6.07) is 8.99. The summed E-state index contributed by atoms with van der Waals surface area (Å²) < 4.78 is 25.4. The second kappa shape index (κ2) is 11.0. The van der Waals surface area contributed by atoms with Gasteiger partial charge in [-0.3, -0.25) is 32.4 Å². The molecule has 2 heterocycles. The minimum Gasteiger partial charge on any atom is -0.755 e. The van der Waals surface area contributed by atoms with Crippen molar-refractivity contribution in [2.45, 2.75) is 13.5 Å². The molecule has 0 saturated carbocycles. The SMILES string of the molecule is Cc1cn(CC(=O)N(CCN(c2nnc(-c3ccccc3)s2)S(=O)[O-])CC(=O)O)c(=O)[nH]c1=O. The van der Waals surface area contributed by atoms with Gasteiger partial charge in [0, 0.05) is 35.1 Å². The summed E-state index contributed by atoms with van der Waals surface area (Å²) in [5.41, 5.74) is -0.497. The van der Waals surface area contributed by atoms with Gasteiger partial charge in [-0.05, 0) is 6.92 Å². The predicted octanol–water partition coefficient (Wildman–Crippen LogP) is -0.423. The van der Waals surface area contributed by atoms with Crippen LogP contribution in [0.25, 0.3) is 10.6 Å². The Morgan fingerprint density at radius 2 is 1.91 bits per heavy atom. The van der Waals surface area contributed by atoms with Crippen LogP contribution in [0.5, 0.6) is 0 Å². The van der Waals surface area contributed by atoms with Crippen LogP contribution in [0, 0.1) is 6.92 Å². The summed E-state index contributed by atoms with van der Waals surface area (Å²) >= 11 is -1.76. The van der Waals surface area contributed by atoms with Crippen molar-refractivity contribution in [3.8, 4) is 10.6 Å². The Balaban J connectivity index is 1.76. The summed E-state index contributed by atoms with van der Waals surface area (Å²) in [7, 11) is 0. The maximum absolute atomic E-state index is 12.7. The van der Waals surface area contributed by atoms with E-state index in [9.17, 15) is 33.0 Å². The molecule has 180 valence electrons. The van der Waals surface area contributed by atoms with Crippen LogP contribution in [-0.2, 0) is 27.4 Å². The van der Waals surface area contributed by atoms with Crippen LogP contribution in [0.1, 0.15) is 5.56 Å². The van der Waals surface area contributed by atoms with Crippen molar-refractivity contribution in [3.63, 3.8) is 0 Å². The number of aliphatic carboxylic acids is 1. The number of rotatable bonds is 10. The number of carbonyl (C=O) groups is 2. The van der Waals surface area contributed by atoms with Crippen molar-refractivity contribution in [3.05, 3.63) is 62.9 Å². The van der Waals surface area contributed by atoms with Crippen molar-refractivity contribution < 1.29 is 23.5 Å². The zero-order chi connectivity index (χ0) is 24.8. The van der Waals surface area contributed by atoms with Crippen LogP contribution < -0.4 is 15.6 Å². The molecule has 0 aliphatic heterocycles. The molecule has 3 aromatic rings. The van der Waals surface area contributed by atoms with E-state index < -0.39 is 47.5 Å². The van der Waals surface area contributed by atoms with Gasteiger partial charge in [-0.15, -0.1) is 10.2 Å². The fraction of sp³-hybridized carbons (Fsp3) is 0.263. The quantitative estimate of drug-likeness (QED) is 0.344. The maximum atomic E-state index is 12.7. The van der Waals surface area contributed by atoms with Gasteiger partial charge >= 0.3 is 11.7 Å². The molecule has 2 aromatic heterocycles. The first kappa shape index (κ1) is 24.9. The molecule has 0 bridgehead atoms. The molecule has 0 radical (unpaired) electrons. The molecular weight excluding hydrogens is 488 g/mol. The van der Waals surface area contributed by atoms with E-state index >= 15 is 0 Å². The van der Waals surface area contributed by atoms with Gasteiger partial charge in [-0.2, -0.15) is 0 Å². The molecular formula is C19H19N6O7S2-. The number of carboxylic acid groups (broad SMARTS) is 1. The maximum Gasteiger partial charge on any atom is 0.328 e. The van der Waals surface area contributed by atoms with E-state index in [0.717, 1.165) is 30.7 Å². The number of carbonyl (C=O) groups excluding carboxylic acids is 1. The molecule has 2 N–H and O–H groups in total. The van der Waals surface area contributed by atoms with Crippen LogP contribution in [0.2, 0.25) is 0 Å². The van der Waals surface area contributed by atoms with Gasteiger partial charge in [0.2, 0.25) is 11.0 Å². The van der Waals surface area contributed by atoms with Gasteiger partial charge in [0.25, 0.3) is 5.56 Å². The first-order valence-electron chi connectivity index (χ1n) is 9.71. The van der Waals surface area contributed by atoms with Gasteiger partial charge in [0.05, 0.1) is 6.54 Å². The van der Waals surface area contributed by atoms with Crippen LogP contribution in [0.15, 0.2) is 46.1 Å². The Hall–Kier alpha value is -3.69. The molecule has 34 heavy (non-hydrogen) atoms. The number of hydrogen-bond acceptors (Lipinski definition) is 9. The Bertz CT molecular complexity index is 1320. The Kier molecular flexibility index (Phi) is 8.04. The summed E-state index contributed by atoms with van der Waals surface area (Å²) in [6.45, 7) is -0.405. The van der Waals surface area contributed by atoms with E-state index in [4.69, 9.17) is 0 Å². The lowest BCUT2D eigenvalue weighted by Gasteiger charge is -2.27. The monoisotopic (exact) mass is 507 g/mol. The van der Waals surface area contributed by atoms with Crippen molar-refractivity contribution in [2.24, 2.45) is 0 Å². The number of nitrogens with one attached hydrogen (secondary N) is 1. The zero-order valence-corrected chi connectivity index (χ0v) is 19.4. The Morgan fingerprint density at radius 3 is 2.56 bits per heavy atom.